The predicted molar refractivity (Wildman–Crippen MR) is 69.7 cm³/mol. The number of thiazole rings is 1. The molecule has 0 saturated heterocycles. The fourth-order valence-corrected chi connectivity index (χ4v) is 1.94. The predicted octanol–water partition coefficient (Wildman–Crippen LogP) is 2.50. The smallest absolute Gasteiger partial charge is 0.203 e. The quantitative estimate of drug-likeness (QED) is 0.633. The van der Waals surface area contributed by atoms with Gasteiger partial charge in [0, 0.05) is 24.3 Å². The second kappa shape index (κ2) is 4.40. The number of rotatable bonds is 3. The highest BCUT2D eigenvalue weighted by Gasteiger charge is 2.03. The van der Waals surface area contributed by atoms with Crippen LogP contribution in [0.5, 0.6) is 0 Å². The fraction of sp³-hybridized carbons (Fsp3) is 0.182. The number of nitrogen functional groups attached to an aromatic ring is 1. The van der Waals surface area contributed by atoms with Crippen molar-refractivity contribution in [3.8, 4) is 0 Å². The molecule has 1 aromatic heterocycles. The Morgan fingerprint density at radius 3 is 2.88 bits per heavy atom. The zero-order chi connectivity index (χ0) is 11.5. The number of anilines is 3. The monoisotopic (exact) mass is 234 g/mol. The molecule has 4 nitrogen and oxygen atoms in total. The average Bonchev–Trinajstić information content (AvgIpc) is 2.77. The lowest BCUT2D eigenvalue weighted by Crippen LogP contribution is -2.24. The summed E-state index contributed by atoms with van der Waals surface area (Å²) in [5.41, 5.74) is 11.9. The second-order valence-electron chi connectivity index (χ2n) is 3.56. The zero-order valence-electron chi connectivity index (χ0n) is 9.27. The summed E-state index contributed by atoms with van der Waals surface area (Å²) in [7, 11) is 1.94. The van der Waals surface area contributed by atoms with E-state index in [9.17, 15) is 0 Å². The molecule has 0 aliphatic rings. The van der Waals surface area contributed by atoms with Gasteiger partial charge in [-0.3, -0.25) is 10.4 Å². The first-order valence-electron chi connectivity index (χ1n) is 4.93. The number of hydrazine groups is 1. The van der Waals surface area contributed by atoms with Crippen LogP contribution in [-0.4, -0.2) is 12.0 Å². The highest BCUT2D eigenvalue weighted by molar-refractivity contribution is 7.13. The molecule has 2 rings (SSSR count). The molecule has 0 amide bonds. The van der Waals surface area contributed by atoms with E-state index in [1.54, 1.807) is 17.5 Å². The molecule has 5 heteroatoms. The number of nitrogens with zero attached hydrogens (tertiary/aromatic N) is 2. The molecule has 0 radical (unpaired) electrons. The van der Waals surface area contributed by atoms with Crippen molar-refractivity contribution in [2.24, 2.45) is 0 Å². The van der Waals surface area contributed by atoms with Crippen molar-refractivity contribution in [1.29, 1.82) is 0 Å². The van der Waals surface area contributed by atoms with Crippen LogP contribution < -0.4 is 16.2 Å². The van der Waals surface area contributed by atoms with Gasteiger partial charge in [-0.1, -0.05) is 0 Å². The van der Waals surface area contributed by atoms with Crippen LogP contribution in [0.2, 0.25) is 0 Å². The van der Waals surface area contributed by atoms with E-state index < -0.39 is 0 Å². The van der Waals surface area contributed by atoms with Crippen molar-refractivity contribution in [2.45, 2.75) is 6.92 Å². The molecule has 84 valence electrons. The van der Waals surface area contributed by atoms with Crippen LogP contribution in [0.15, 0.2) is 29.8 Å². The maximum atomic E-state index is 5.76. The molecule has 0 atom stereocenters. The lowest BCUT2D eigenvalue weighted by Gasteiger charge is -2.18. The summed E-state index contributed by atoms with van der Waals surface area (Å²) < 4.78 is 0. The summed E-state index contributed by atoms with van der Waals surface area (Å²) in [6, 6.07) is 5.86. The Bertz CT molecular complexity index is 467. The first-order chi connectivity index (χ1) is 7.66. The molecule has 1 aromatic carbocycles. The van der Waals surface area contributed by atoms with Gasteiger partial charge in [-0.05, 0) is 30.7 Å². The van der Waals surface area contributed by atoms with Crippen molar-refractivity contribution < 1.29 is 0 Å². The molecule has 0 spiro atoms. The van der Waals surface area contributed by atoms with Crippen molar-refractivity contribution in [3.05, 3.63) is 35.3 Å². The highest BCUT2D eigenvalue weighted by atomic mass is 32.1. The normalized spacial score (nSPS) is 10.1. The van der Waals surface area contributed by atoms with Gasteiger partial charge in [0.05, 0.1) is 5.69 Å². The Morgan fingerprint density at radius 2 is 2.25 bits per heavy atom. The van der Waals surface area contributed by atoms with E-state index in [1.807, 2.05) is 42.6 Å². The van der Waals surface area contributed by atoms with E-state index in [2.05, 4.69) is 10.4 Å². The molecule has 0 aliphatic heterocycles. The van der Waals surface area contributed by atoms with Gasteiger partial charge in [0.15, 0.2) is 0 Å². The highest BCUT2D eigenvalue weighted by Crippen LogP contribution is 2.20. The number of hydrogen-bond acceptors (Lipinski definition) is 5. The minimum atomic E-state index is 0.808. The third kappa shape index (κ3) is 2.25. The number of aryl methyl sites for hydroxylation is 1. The first-order valence-corrected chi connectivity index (χ1v) is 5.81. The van der Waals surface area contributed by atoms with Crippen LogP contribution in [-0.2, 0) is 0 Å². The van der Waals surface area contributed by atoms with Crippen LogP contribution in [0, 0.1) is 6.92 Å². The van der Waals surface area contributed by atoms with E-state index in [4.69, 9.17) is 5.73 Å². The largest absolute Gasteiger partial charge is 0.399 e. The van der Waals surface area contributed by atoms with Gasteiger partial charge >= 0.3 is 0 Å². The van der Waals surface area contributed by atoms with E-state index >= 15 is 0 Å². The summed E-state index contributed by atoms with van der Waals surface area (Å²) in [6.45, 7) is 1.99. The maximum absolute atomic E-state index is 5.76. The molecular formula is C11H14N4S. The summed E-state index contributed by atoms with van der Waals surface area (Å²) in [6.07, 6.45) is 1.78. The summed E-state index contributed by atoms with van der Waals surface area (Å²) in [5.74, 6) is 0. The lowest BCUT2D eigenvalue weighted by atomic mass is 10.2. The SMILES string of the molecule is Cc1cc(NN(C)c2nccs2)ccc1N. The molecule has 16 heavy (non-hydrogen) atoms. The standard InChI is InChI=1S/C11H14N4S/c1-8-7-9(3-4-10(8)12)14-15(2)11-13-5-6-16-11/h3-7,14H,12H2,1-2H3. The number of nitrogens with one attached hydrogen (secondary N) is 1. The lowest BCUT2D eigenvalue weighted by molar-refractivity contribution is 1.07. The Kier molecular flexibility index (Phi) is 2.96. The molecule has 2 aromatic rings. The minimum absolute atomic E-state index is 0.808. The van der Waals surface area contributed by atoms with Crippen LogP contribution in [0.4, 0.5) is 16.5 Å². The average molecular weight is 234 g/mol. The van der Waals surface area contributed by atoms with Crippen molar-refractivity contribution in [3.63, 3.8) is 0 Å². The number of benzene rings is 1. The molecule has 0 unspecified atom stereocenters. The van der Waals surface area contributed by atoms with E-state index in [0.717, 1.165) is 22.1 Å². The Hall–Kier alpha value is -1.75. The van der Waals surface area contributed by atoms with Gasteiger partial charge < -0.3 is 5.73 Å². The van der Waals surface area contributed by atoms with Gasteiger partial charge in [0.25, 0.3) is 0 Å². The molecule has 0 aliphatic carbocycles. The van der Waals surface area contributed by atoms with Gasteiger partial charge in [-0.25, -0.2) is 4.98 Å². The fourth-order valence-electron chi connectivity index (χ4n) is 1.37. The minimum Gasteiger partial charge on any atom is -0.399 e. The van der Waals surface area contributed by atoms with Gasteiger partial charge in [0.2, 0.25) is 5.13 Å². The summed E-state index contributed by atoms with van der Waals surface area (Å²) in [4.78, 5) is 4.21. The van der Waals surface area contributed by atoms with E-state index in [-0.39, 0.29) is 0 Å². The van der Waals surface area contributed by atoms with E-state index in [0.29, 0.717) is 0 Å². The Morgan fingerprint density at radius 1 is 1.44 bits per heavy atom. The van der Waals surface area contributed by atoms with Crippen molar-refractivity contribution in [2.75, 3.05) is 23.2 Å². The first kappa shape index (κ1) is 10.8. The molecule has 0 fully saturated rings. The van der Waals surface area contributed by atoms with Crippen LogP contribution >= 0.6 is 11.3 Å². The Labute approximate surface area is 98.7 Å². The number of nitrogens with two attached hydrogens (primary N) is 1. The molecule has 0 bridgehead atoms. The third-order valence-corrected chi connectivity index (χ3v) is 3.12. The van der Waals surface area contributed by atoms with Gasteiger partial charge in [-0.2, -0.15) is 0 Å². The number of hydrogen-bond donors (Lipinski definition) is 2. The van der Waals surface area contributed by atoms with Gasteiger partial charge in [0.1, 0.15) is 0 Å². The van der Waals surface area contributed by atoms with Crippen molar-refractivity contribution >= 4 is 27.8 Å². The van der Waals surface area contributed by atoms with E-state index in [1.165, 1.54) is 0 Å². The molecule has 0 saturated carbocycles. The third-order valence-electron chi connectivity index (χ3n) is 2.27. The van der Waals surface area contributed by atoms with Crippen LogP contribution in [0.3, 0.4) is 0 Å². The summed E-state index contributed by atoms with van der Waals surface area (Å²) in [5, 5.41) is 4.76. The summed E-state index contributed by atoms with van der Waals surface area (Å²) >= 11 is 1.59. The second-order valence-corrected chi connectivity index (χ2v) is 4.43. The van der Waals surface area contributed by atoms with Gasteiger partial charge in [-0.15, -0.1) is 11.3 Å². The van der Waals surface area contributed by atoms with Crippen molar-refractivity contribution in [1.82, 2.24) is 4.98 Å². The van der Waals surface area contributed by atoms with Crippen LogP contribution in [0.25, 0.3) is 0 Å². The van der Waals surface area contributed by atoms with Crippen LogP contribution in [0.1, 0.15) is 5.56 Å². The molecular weight excluding hydrogens is 220 g/mol. The molecule has 1 heterocycles. The maximum Gasteiger partial charge on any atom is 0.203 e. The zero-order valence-corrected chi connectivity index (χ0v) is 10.1. The molecule has 3 N–H and O–H groups in total. The topological polar surface area (TPSA) is 54.2 Å². The number of aromatic nitrogens is 1. The Balaban J connectivity index is 2.12.